The fourth-order valence-electron chi connectivity index (χ4n) is 2.73. The molecule has 0 aliphatic carbocycles. The Labute approximate surface area is 242 Å². The van der Waals surface area contributed by atoms with Crippen molar-refractivity contribution in [2.45, 2.75) is 6.42 Å². The van der Waals surface area contributed by atoms with Gasteiger partial charge in [-0.1, -0.05) is 0 Å². The molecule has 43 heavy (non-hydrogen) atoms. The maximum atomic E-state index is 11.9. The van der Waals surface area contributed by atoms with Crippen LogP contribution in [-0.4, -0.2) is 81.5 Å². The van der Waals surface area contributed by atoms with Crippen LogP contribution in [0.25, 0.3) is 0 Å². The van der Waals surface area contributed by atoms with E-state index in [1.165, 1.54) is 60.9 Å². The van der Waals surface area contributed by atoms with Crippen LogP contribution in [0.4, 0.5) is 5.69 Å². The molecule has 0 N–H and O–H groups in total. The second-order valence-electron chi connectivity index (χ2n) is 7.74. The van der Waals surface area contributed by atoms with E-state index in [2.05, 4.69) is 19.2 Å². The van der Waals surface area contributed by atoms with Crippen LogP contribution in [-0.2, 0) is 52.4 Å². The lowest BCUT2D eigenvalue weighted by atomic mass is 10.2. The van der Waals surface area contributed by atoms with E-state index in [1.54, 1.807) is 0 Å². The number of esters is 6. The van der Waals surface area contributed by atoms with E-state index in [-0.39, 0.29) is 42.2 Å². The predicted octanol–water partition coefficient (Wildman–Crippen LogP) is 1.09. The van der Waals surface area contributed by atoms with Crippen LogP contribution in [0.3, 0.4) is 0 Å². The minimum atomic E-state index is -1.01. The van der Waals surface area contributed by atoms with Crippen molar-refractivity contribution in [2.24, 2.45) is 4.99 Å². The van der Waals surface area contributed by atoms with Gasteiger partial charge in [0.25, 0.3) is 6.26 Å². The Morgan fingerprint density at radius 3 is 1.47 bits per heavy atom. The Hall–Kier alpha value is -6.07. The standard InChI is InChI=1S/C27H22N2O14/c28-16-43-21-8-4-19(5-9-21)27(36)42-15-25(34)40-13-23(32)38-11-1-10-37-22(31)12-39-24(33)14-41-26(35)18-2-6-20(7-3-18)29-17-30/h2-9H,1,10-15H2. The van der Waals surface area contributed by atoms with Gasteiger partial charge in [-0.15, -0.1) is 5.26 Å². The van der Waals surface area contributed by atoms with Gasteiger partial charge >= 0.3 is 35.8 Å². The smallest absolute Gasteiger partial charge is 0.344 e. The summed E-state index contributed by atoms with van der Waals surface area (Å²) in [5, 5.41) is 8.42. The highest BCUT2D eigenvalue weighted by Crippen LogP contribution is 2.13. The number of benzene rings is 2. The van der Waals surface area contributed by atoms with Gasteiger partial charge in [0.15, 0.2) is 26.4 Å². The van der Waals surface area contributed by atoms with Crippen LogP contribution < -0.4 is 4.74 Å². The molecule has 0 aliphatic rings. The maximum absolute atomic E-state index is 11.9. The van der Waals surface area contributed by atoms with E-state index in [1.807, 2.05) is 0 Å². The molecule has 224 valence electrons. The van der Waals surface area contributed by atoms with E-state index < -0.39 is 62.2 Å². The van der Waals surface area contributed by atoms with Crippen molar-refractivity contribution in [3.05, 3.63) is 59.7 Å². The normalized spacial score (nSPS) is 9.65. The second kappa shape index (κ2) is 18.3. The SMILES string of the molecule is N#COc1ccc(C(=O)OCC(=O)OCC(=O)OCCCOC(=O)COC(=O)COC(=O)c2ccc(N=C=O)cc2)cc1. The van der Waals surface area contributed by atoms with E-state index in [0.29, 0.717) is 0 Å². The first-order chi connectivity index (χ1) is 20.7. The molecular formula is C27H22N2O14. The van der Waals surface area contributed by atoms with Gasteiger partial charge < -0.3 is 33.2 Å². The number of carbonyl (C=O) groups is 6. The Morgan fingerprint density at radius 1 is 0.605 bits per heavy atom. The van der Waals surface area contributed by atoms with E-state index in [9.17, 15) is 33.6 Å². The molecule has 0 amide bonds. The number of hydrogen-bond acceptors (Lipinski definition) is 16. The fraction of sp³-hybridized carbons (Fsp3) is 0.259. The van der Waals surface area contributed by atoms with Crippen LogP contribution in [0, 0.1) is 11.5 Å². The molecule has 16 nitrogen and oxygen atoms in total. The lowest BCUT2D eigenvalue weighted by molar-refractivity contribution is -0.162. The summed E-state index contributed by atoms with van der Waals surface area (Å²) < 4.78 is 33.0. The average molecular weight is 598 g/mol. The van der Waals surface area contributed by atoms with Crippen molar-refractivity contribution < 1.29 is 66.7 Å². The number of ether oxygens (including phenoxy) is 7. The number of hydrogen-bond donors (Lipinski definition) is 0. The third kappa shape index (κ3) is 13.2. The number of isocyanates is 1. The summed E-state index contributed by atoms with van der Waals surface area (Å²) in [4.78, 5) is 84.0. The van der Waals surface area contributed by atoms with Crippen LogP contribution in [0.2, 0.25) is 0 Å². The van der Waals surface area contributed by atoms with Crippen molar-refractivity contribution in [1.82, 2.24) is 0 Å². The van der Waals surface area contributed by atoms with Gasteiger partial charge in [-0.25, -0.2) is 33.6 Å². The van der Waals surface area contributed by atoms with Gasteiger partial charge in [0.1, 0.15) is 5.75 Å². The Kier molecular flexibility index (Phi) is 14.1. The molecule has 0 bridgehead atoms. The van der Waals surface area contributed by atoms with Gasteiger partial charge in [0.2, 0.25) is 6.08 Å². The molecule has 2 aromatic rings. The summed E-state index contributed by atoms with van der Waals surface area (Å²) in [5.74, 6) is -5.31. The monoisotopic (exact) mass is 598 g/mol. The number of rotatable bonds is 16. The molecule has 0 fully saturated rings. The zero-order valence-electron chi connectivity index (χ0n) is 22.2. The van der Waals surface area contributed by atoms with Crippen molar-refractivity contribution in [1.29, 1.82) is 5.26 Å². The van der Waals surface area contributed by atoms with Crippen LogP contribution in [0.5, 0.6) is 5.75 Å². The molecular weight excluding hydrogens is 576 g/mol. The molecule has 0 spiro atoms. The summed E-state index contributed by atoms with van der Waals surface area (Å²) in [7, 11) is 0. The lowest BCUT2D eigenvalue weighted by Gasteiger charge is -2.08. The zero-order chi connectivity index (χ0) is 31.5. The molecule has 0 aromatic heterocycles. The Bertz CT molecular complexity index is 1390. The van der Waals surface area contributed by atoms with Gasteiger partial charge in [-0.05, 0) is 48.5 Å². The minimum Gasteiger partial charge on any atom is -0.463 e. The van der Waals surface area contributed by atoms with E-state index in [0.717, 1.165) is 0 Å². The van der Waals surface area contributed by atoms with Gasteiger partial charge in [-0.2, -0.15) is 4.99 Å². The first kappa shape index (κ1) is 33.1. The first-order valence-corrected chi connectivity index (χ1v) is 12.0. The molecule has 0 radical (unpaired) electrons. The van der Waals surface area contributed by atoms with Crippen molar-refractivity contribution in [3.63, 3.8) is 0 Å². The number of nitriles is 1. The molecule has 2 aromatic carbocycles. The van der Waals surface area contributed by atoms with Crippen molar-refractivity contribution >= 4 is 47.6 Å². The second-order valence-corrected chi connectivity index (χ2v) is 7.74. The van der Waals surface area contributed by atoms with Crippen molar-refractivity contribution in [2.75, 3.05) is 39.6 Å². The summed E-state index contributed by atoms with van der Waals surface area (Å²) >= 11 is 0. The van der Waals surface area contributed by atoms with Gasteiger partial charge in [0, 0.05) is 6.42 Å². The highest BCUT2D eigenvalue weighted by Gasteiger charge is 2.15. The summed E-state index contributed by atoms with van der Waals surface area (Å²) in [6.45, 7) is -3.42. The van der Waals surface area contributed by atoms with E-state index >= 15 is 0 Å². The molecule has 2 rings (SSSR count). The van der Waals surface area contributed by atoms with Crippen LogP contribution in [0.1, 0.15) is 27.1 Å². The Morgan fingerprint density at radius 2 is 1.02 bits per heavy atom. The van der Waals surface area contributed by atoms with Crippen LogP contribution in [0.15, 0.2) is 53.5 Å². The topological polar surface area (TPSA) is 220 Å². The zero-order valence-corrected chi connectivity index (χ0v) is 22.2. The number of nitrogens with zero attached hydrogens (tertiary/aromatic N) is 2. The molecule has 16 heteroatoms. The fourth-order valence-corrected chi connectivity index (χ4v) is 2.73. The molecule has 0 saturated heterocycles. The maximum Gasteiger partial charge on any atom is 0.344 e. The van der Waals surface area contributed by atoms with Crippen LogP contribution >= 0.6 is 0 Å². The highest BCUT2D eigenvalue weighted by atomic mass is 16.6. The molecule has 0 atom stereocenters. The lowest BCUT2D eigenvalue weighted by Crippen LogP contribution is -2.22. The van der Waals surface area contributed by atoms with Gasteiger partial charge in [0.05, 0.1) is 30.0 Å². The summed E-state index contributed by atoms with van der Waals surface area (Å²) in [5.41, 5.74) is 0.450. The quantitative estimate of drug-likeness (QED) is 0.0659. The number of carbonyl (C=O) groups excluding carboxylic acids is 7. The molecule has 0 heterocycles. The van der Waals surface area contributed by atoms with Crippen molar-refractivity contribution in [3.8, 4) is 12.0 Å². The van der Waals surface area contributed by atoms with Gasteiger partial charge in [-0.3, -0.25) is 0 Å². The molecule has 0 unspecified atom stereocenters. The first-order valence-electron chi connectivity index (χ1n) is 12.0. The van der Waals surface area contributed by atoms with E-state index in [4.69, 9.17) is 24.2 Å². The third-order valence-electron chi connectivity index (χ3n) is 4.69. The molecule has 0 aliphatic heterocycles. The minimum absolute atomic E-state index is 0.0732. The predicted molar refractivity (Wildman–Crippen MR) is 136 cm³/mol. The average Bonchev–Trinajstić information content (AvgIpc) is 3.01. The number of aliphatic imine (C=N–C) groups is 1. The third-order valence-corrected chi connectivity index (χ3v) is 4.69. The summed E-state index contributed by atoms with van der Waals surface area (Å²) in [6.07, 6.45) is 2.89. The molecule has 0 saturated carbocycles. The summed E-state index contributed by atoms with van der Waals surface area (Å²) in [6, 6.07) is 10.7. The Balaban J connectivity index is 1.50. The largest absolute Gasteiger partial charge is 0.463 e. The highest BCUT2D eigenvalue weighted by molar-refractivity contribution is 5.91.